The zero-order valence-electron chi connectivity index (χ0n) is 12.7. The van der Waals surface area contributed by atoms with Gasteiger partial charge >= 0.3 is 0 Å². The quantitative estimate of drug-likeness (QED) is 0.931. The van der Waals surface area contributed by atoms with E-state index in [0.29, 0.717) is 25.1 Å². The number of hydrogen-bond donors (Lipinski definition) is 1. The van der Waals surface area contributed by atoms with Crippen LogP contribution in [0.25, 0.3) is 0 Å². The van der Waals surface area contributed by atoms with Crippen LogP contribution in [-0.2, 0) is 21.2 Å². The average molecular weight is 331 g/mol. The first kappa shape index (κ1) is 15.5. The van der Waals surface area contributed by atoms with Gasteiger partial charge in [-0.1, -0.05) is 0 Å². The molecule has 0 saturated carbocycles. The number of pyridine rings is 1. The number of anilines is 2. The summed E-state index contributed by atoms with van der Waals surface area (Å²) in [7, 11) is -3.66. The number of carbonyl (C=O) groups excluding carboxylic acids is 1. The maximum atomic E-state index is 12.3. The normalized spacial score (nSPS) is 14.5. The maximum absolute atomic E-state index is 12.3. The number of aromatic nitrogens is 1. The van der Waals surface area contributed by atoms with Crippen molar-refractivity contribution in [1.29, 1.82) is 0 Å². The van der Waals surface area contributed by atoms with E-state index in [1.165, 1.54) is 18.5 Å². The lowest BCUT2D eigenvalue weighted by Gasteiger charge is -2.28. The molecule has 23 heavy (non-hydrogen) atoms. The van der Waals surface area contributed by atoms with Crippen molar-refractivity contribution in [2.75, 3.05) is 16.2 Å². The van der Waals surface area contributed by atoms with Crippen molar-refractivity contribution in [2.24, 2.45) is 0 Å². The lowest BCUT2D eigenvalue weighted by atomic mass is 10.0. The van der Waals surface area contributed by atoms with Gasteiger partial charge in [0, 0.05) is 36.7 Å². The number of carbonyl (C=O) groups is 1. The van der Waals surface area contributed by atoms with E-state index in [4.69, 9.17) is 0 Å². The molecule has 1 aliphatic rings. The first-order chi connectivity index (χ1) is 11.0. The van der Waals surface area contributed by atoms with Crippen molar-refractivity contribution in [2.45, 2.75) is 24.7 Å². The van der Waals surface area contributed by atoms with Crippen LogP contribution >= 0.6 is 0 Å². The van der Waals surface area contributed by atoms with Gasteiger partial charge in [-0.05, 0) is 49.2 Å². The Kier molecular flexibility index (Phi) is 4.04. The van der Waals surface area contributed by atoms with Gasteiger partial charge in [0.1, 0.15) is 4.90 Å². The third-order valence-electron chi connectivity index (χ3n) is 3.79. The van der Waals surface area contributed by atoms with E-state index in [0.717, 1.165) is 11.3 Å². The molecular weight excluding hydrogens is 314 g/mol. The molecule has 0 unspecified atom stereocenters. The minimum atomic E-state index is -3.66. The molecule has 2 aromatic rings. The van der Waals surface area contributed by atoms with Crippen LogP contribution in [0.1, 0.15) is 18.9 Å². The molecule has 0 fully saturated rings. The van der Waals surface area contributed by atoms with Gasteiger partial charge in [0.15, 0.2) is 0 Å². The van der Waals surface area contributed by atoms with E-state index in [1.54, 1.807) is 29.2 Å². The van der Waals surface area contributed by atoms with Crippen LogP contribution in [-0.4, -0.2) is 25.9 Å². The predicted octanol–water partition coefficient (Wildman–Crippen LogP) is 2.18. The molecule has 1 amide bonds. The van der Waals surface area contributed by atoms with E-state index < -0.39 is 10.0 Å². The average Bonchev–Trinajstić information content (AvgIpc) is 2.55. The molecule has 0 radical (unpaired) electrons. The zero-order chi connectivity index (χ0) is 16.4. The Labute approximate surface area is 135 Å². The van der Waals surface area contributed by atoms with Crippen LogP contribution < -0.4 is 9.62 Å². The second kappa shape index (κ2) is 6.00. The predicted molar refractivity (Wildman–Crippen MR) is 87.8 cm³/mol. The Morgan fingerprint density at radius 3 is 2.78 bits per heavy atom. The minimum Gasteiger partial charge on any atom is -0.312 e. The van der Waals surface area contributed by atoms with E-state index in [9.17, 15) is 13.2 Å². The Morgan fingerprint density at radius 1 is 1.26 bits per heavy atom. The highest BCUT2D eigenvalue weighted by Crippen LogP contribution is 2.30. The van der Waals surface area contributed by atoms with Crippen LogP contribution in [0.4, 0.5) is 11.4 Å². The molecule has 1 N–H and O–H groups in total. The molecule has 1 aromatic carbocycles. The number of hydrogen-bond acceptors (Lipinski definition) is 4. The van der Waals surface area contributed by atoms with E-state index in [1.807, 2.05) is 6.92 Å². The second-order valence-corrected chi connectivity index (χ2v) is 6.96. The standard InChI is InChI=1S/C16H17N3O3S/c1-2-19-15-7-6-13(10-12(15)5-8-16(19)20)18-23(21,22)14-4-3-9-17-11-14/h3-4,6-7,9-11,18H,2,5,8H2,1H3. The molecule has 120 valence electrons. The van der Waals surface area contributed by atoms with Crippen molar-refractivity contribution in [1.82, 2.24) is 4.98 Å². The molecule has 1 aliphatic heterocycles. The number of nitrogens with one attached hydrogen (secondary N) is 1. The van der Waals surface area contributed by atoms with Gasteiger partial charge in [0.25, 0.3) is 10.0 Å². The van der Waals surface area contributed by atoms with Gasteiger partial charge in [-0.3, -0.25) is 14.5 Å². The lowest BCUT2D eigenvalue weighted by molar-refractivity contribution is -0.118. The number of nitrogens with zero attached hydrogens (tertiary/aromatic N) is 2. The minimum absolute atomic E-state index is 0.101. The molecule has 0 spiro atoms. The number of aryl methyl sites for hydroxylation is 1. The summed E-state index contributed by atoms with van der Waals surface area (Å²) >= 11 is 0. The third-order valence-corrected chi connectivity index (χ3v) is 5.16. The number of amides is 1. The molecule has 1 aromatic heterocycles. The van der Waals surface area contributed by atoms with Crippen LogP contribution in [0.2, 0.25) is 0 Å². The zero-order valence-corrected chi connectivity index (χ0v) is 13.5. The van der Waals surface area contributed by atoms with Gasteiger partial charge in [-0.2, -0.15) is 0 Å². The number of rotatable bonds is 4. The number of benzene rings is 1. The van der Waals surface area contributed by atoms with Crippen LogP contribution in [0.3, 0.4) is 0 Å². The fraction of sp³-hybridized carbons (Fsp3) is 0.250. The SMILES string of the molecule is CCN1C(=O)CCc2cc(NS(=O)(=O)c3cccnc3)ccc21. The van der Waals surface area contributed by atoms with Gasteiger partial charge in [-0.15, -0.1) is 0 Å². The number of fused-ring (bicyclic) bond motifs is 1. The Hall–Kier alpha value is -2.41. The van der Waals surface area contributed by atoms with E-state index >= 15 is 0 Å². The molecule has 2 heterocycles. The lowest BCUT2D eigenvalue weighted by Crippen LogP contribution is -2.34. The summed E-state index contributed by atoms with van der Waals surface area (Å²) in [6, 6.07) is 8.32. The summed E-state index contributed by atoms with van der Waals surface area (Å²) in [5.41, 5.74) is 2.31. The maximum Gasteiger partial charge on any atom is 0.263 e. The fourth-order valence-corrected chi connectivity index (χ4v) is 3.70. The Bertz CT molecular complexity index is 835. The molecule has 6 nitrogen and oxygen atoms in total. The van der Waals surface area contributed by atoms with E-state index in [2.05, 4.69) is 9.71 Å². The van der Waals surface area contributed by atoms with Crippen molar-refractivity contribution in [3.63, 3.8) is 0 Å². The monoisotopic (exact) mass is 331 g/mol. The first-order valence-electron chi connectivity index (χ1n) is 7.37. The van der Waals surface area contributed by atoms with Gasteiger partial charge < -0.3 is 4.90 Å². The van der Waals surface area contributed by atoms with Crippen molar-refractivity contribution >= 4 is 27.3 Å². The molecule has 0 atom stereocenters. The molecular formula is C16H17N3O3S. The summed E-state index contributed by atoms with van der Waals surface area (Å²) in [5, 5.41) is 0. The van der Waals surface area contributed by atoms with Crippen LogP contribution in [0.15, 0.2) is 47.6 Å². The third kappa shape index (κ3) is 3.05. The summed E-state index contributed by atoms with van der Waals surface area (Å²) < 4.78 is 27.2. The van der Waals surface area contributed by atoms with Crippen molar-refractivity contribution in [3.05, 3.63) is 48.3 Å². The molecule has 0 saturated heterocycles. The van der Waals surface area contributed by atoms with E-state index in [-0.39, 0.29) is 10.8 Å². The summed E-state index contributed by atoms with van der Waals surface area (Å²) in [6.45, 7) is 2.53. The van der Waals surface area contributed by atoms with Gasteiger partial charge in [0.05, 0.1) is 0 Å². The van der Waals surface area contributed by atoms with Crippen LogP contribution in [0, 0.1) is 0 Å². The summed E-state index contributed by atoms with van der Waals surface area (Å²) in [6.07, 6.45) is 3.89. The van der Waals surface area contributed by atoms with Crippen molar-refractivity contribution < 1.29 is 13.2 Å². The summed E-state index contributed by atoms with van der Waals surface area (Å²) in [4.78, 5) is 17.6. The topological polar surface area (TPSA) is 79.4 Å². The van der Waals surface area contributed by atoms with Crippen LogP contribution in [0.5, 0.6) is 0 Å². The largest absolute Gasteiger partial charge is 0.312 e. The van der Waals surface area contributed by atoms with Crippen molar-refractivity contribution in [3.8, 4) is 0 Å². The first-order valence-corrected chi connectivity index (χ1v) is 8.85. The smallest absolute Gasteiger partial charge is 0.263 e. The highest BCUT2D eigenvalue weighted by atomic mass is 32.2. The Balaban J connectivity index is 1.90. The highest BCUT2D eigenvalue weighted by Gasteiger charge is 2.23. The Morgan fingerprint density at radius 2 is 2.09 bits per heavy atom. The summed E-state index contributed by atoms with van der Waals surface area (Å²) in [5.74, 6) is 0.101. The molecule has 0 aliphatic carbocycles. The fourth-order valence-electron chi connectivity index (χ4n) is 2.69. The molecule has 3 rings (SSSR count). The second-order valence-electron chi connectivity index (χ2n) is 5.28. The highest BCUT2D eigenvalue weighted by molar-refractivity contribution is 7.92. The number of sulfonamides is 1. The van der Waals surface area contributed by atoms with Gasteiger partial charge in [0.2, 0.25) is 5.91 Å². The van der Waals surface area contributed by atoms with Gasteiger partial charge in [-0.25, -0.2) is 8.42 Å². The molecule has 0 bridgehead atoms. The molecule has 7 heteroatoms.